The van der Waals surface area contributed by atoms with Crippen molar-refractivity contribution in [3.8, 4) is 0 Å². The Hall–Kier alpha value is -0.570. The van der Waals surface area contributed by atoms with Gasteiger partial charge in [0.15, 0.2) is 5.96 Å². The Kier molecular flexibility index (Phi) is 11.6. The molecule has 130 valence electrons. The summed E-state index contributed by atoms with van der Waals surface area (Å²) in [5.41, 5.74) is 5.32. The van der Waals surface area contributed by atoms with E-state index in [2.05, 4.69) is 36.0 Å². The molecule has 0 aromatic rings. The SMILES string of the molecule is CCNC(=NCCN(C)CC)N1CCCC(CC(N)=O)C1.I. The van der Waals surface area contributed by atoms with Crippen molar-refractivity contribution in [3.05, 3.63) is 0 Å². The number of hydrogen-bond acceptors (Lipinski definition) is 3. The van der Waals surface area contributed by atoms with E-state index in [1.165, 1.54) is 0 Å². The molecule has 3 N–H and O–H groups in total. The first kappa shape index (κ1) is 21.4. The van der Waals surface area contributed by atoms with Crippen molar-refractivity contribution in [3.63, 3.8) is 0 Å². The van der Waals surface area contributed by atoms with Crippen LogP contribution in [0.3, 0.4) is 0 Å². The second kappa shape index (κ2) is 11.9. The molecule has 0 saturated carbocycles. The third-order valence-electron chi connectivity index (χ3n) is 3.93. The van der Waals surface area contributed by atoms with Gasteiger partial charge in [0.2, 0.25) is 5.91 Å². The summed E-state index contributed by atoms with van der Waals surface area (Å²) in [7, 11) is 2.10. The van der Waals surface area contributed by atoms with Crippen molar-refractivity contribution in [1.82, 2.24) is 15.1 Å². The lowest BCUT2D eigenvalue weighted by Crippen LogP contribution is -2.47. The van der Waals surface area contributed by atoms with Crippen molar-refractivity contribution >= 4 is 35.8 Å². The summed E-state index contributed by atoms with van der Waals surface area (Å²) in [5, 5.41) is 3.36. The maximum atomic E-state index is 11.1. The number of guanidine groups is 1. The second-order valence-electron chi connectivity index (χ2n) is 5.76. The minimum absolute atomic E-state index is 0. The van der Waals surface area contributed by atoms with Crippen molar-refractivity contribution in [1.29, 1.82) is 0 Å². The van der Waals surface area contributed by atoms with E-state index in [4.69, 9.17) is 10.7 Å². The van der Waals surface area contributed by atoms with Gasteiger partial charge in [-0.25, -0.2) is 0 Å². The summed E-state index contributed by atoms with van der Waals surface area (Å²) in [6.07, 6.45) is 2.66. The van der Waals surface area contributed by atoms with Crippen molar-refractivity contribution in [2.45, 2.75) is 33.1 Å². The largest absolute Gasteiger partial charge is 0.370 e. The van der Waals surface area contributed by atoms with Gasteiger partial charge in [0.1, 0.15) is 0 Å². The van der Waals surface area contributed by atoms with Crippen LogP contribution in [0.1, 0.15) is 33.1 Å². The van der Waals surface area contributed by atoms with E-state index in [0.717, 1.165) is 58.1 Å². The van der Waals surface area contributed by atoms with Gasteiger partial charge in [-0.05, 0) is 39.3 Å². The minimum Gasteiger partial charge on any atom is -0.370 e. The predicted molar refractivity (Wildman–Crippen MR) is 103 cm³/mol. The molecule has 1 fully saturated rings. The van der Waals surface area contributed by atoms with Crippen LogP contribution in [0.25, 0.3) is 0 Å². The Morgan fingerprint density at radius 2 is 2.18 bits per heavy atom. The molecule has 1 aliphatic heterocycles. The molecule has 1 unspecified atom stereocenters. The standard InChI is InChI=1S/C15H31N5O.HI/c1-4-17-15(18-8-10-19(3)5-2)20-9-6-7-13(12-20)11-14(16)21;/h13H,4-12H2,1-3H3,(H2,16,21)(H,17,18);1H. The number of nitrogens with two attached hydrogens (primary N) is 1. The molecule has 1 heterocycles. The summed E-state index contributed by atoms with van der Waals surface area (Å²) in [6, 6.07) is 0. The molecule has 22 heavy (non-hydrogen) atoms. The molecular formula is C15H32IN5O. The molecule has 6 nitrogen and oxygen atoms in total. The number of primary amides is 1. The number of amides is 1. The number of rotatable bonds is 7. The molecule has 1 saturated heterocycles. The Balaban J connectivity index is 0.00000441. The van der Waals surface area contributed by atoms with E-state index in [1.54, 1.807) is 0 Å². The van der Waals surface area contributed by atoms with Gasteiger partial charge in [0, 0.05) is 32.6 Å². The van der Waals surface area contributed by atoms with Gasteiger partial charge in [-0.2, -0.15) is 0 Å². The lowest BCUT2D eigenvalue weighted by molar-refractivity contribution is -0.119. The highest BCUT2D eigenvalue weighted by Gasteiger charge is 2.23. The van der Waals surface area contributed by atoms with Crippen LogP contribution in [0, 0.1) is 5.92 Å². The Morgan fingerprint density at radius 1 is 1.45 bits per heavy atom. The van der Waals surface area contributed by atoms with Gasteiger partial charge >= 0.3 is 0 Å². The number of likely N-dealkylation sites (tertiary alicyclic amines) is 1. The second-order valence-corrected chi connectivity index (χ2v) is 5.76. The Morgan fingerprint density at radius 3 is 2.77 bits per heavy atom. The van der Waals surface area contributed by atoms with E-state index >= 15 is 0 Å². The number of nitrogens with zero attached hydrogens (tertiary/aromatic N) is 3. The number of piperidine rings is 1. The number of likely N-dealkylation sites (N-methyl/N-ethyl adjacent to an activating group) is 1. The molecule has 0 bridgehead atoms. The topological polar surface area (TPSA) is 74.0 Å². The summed E-state index contributed by atoms with van der Waals surface area (Å²) < 4.78 is 0. The molecule has 0 aliphatic carbocycles. The first-order valence-electron chi connectivity index (χ1n) is 8.06. The van der Waals surface area contributed by atoms with Crippen molar-refractivity contribution < 1.29 is 4.79 Å². The van der Waals surface area contributed by atoms with Gasteiger partial charge in [-0.3, -0.25) is 9.79 Å². The van der Waals surface area contributed by atoms with Crippen LogP contribution < -0.4 is 11.1 Å². The first-order valence-corrected chi connectivity index (χ1v) is 8.06. The zero-order chi connectivity index (χ0) is 15.7. The summed E-state index contributed by atoms with van der Waals surface area (Å²) in [5.74, 6) is 1.13. The molecule has 0 aromatic heterocycles. The van der Waals surface area contributed by atoms with Crippen LogP contribution in [-0.4, -0.2) is 68.0 Å². The fourth-order valence-electron chi connectivity index (χ4n) is 2.62. The van der Waals surface area contributed by atoms with Crippen molar-refractivity contribution in [2.24, 2.45) is 16.6 Å². The highest BCUT2D eigenvalue weighted by molar-refractivity contribution is 14.0. The molecule has 1 amide bonds. The third kappa shape index (κ3) is 8.17. The van der Waals surface area contributed by atoms with Gasteiger partial charge in [0.05, 0.1) is 6.54 Å². The molecular weight excluding hydrogens is 393 g/mol. The van der Waals surface area contributed by atoms with E-state index < -0.39 is 0 Å². The quantitative estimate of drug-likeness (QED) is 0.364. The number of halogens is 1. The summed E-state index contributed by atoms with van der Waals surface area (Å²) in [6.45, 7) is 9.76. The van der Waals surface area contributed by atoms with Crippen LogP contribution in [0.2, 0.25) is 0 Å². The molecule has 0 radical (unpaired) electrons. The minimum atomic E-state index is -0.201. The normalized spacial score (nSPS) is 19.0. The average molecular weight is 425 g/mol. The molecule has 1 rings (SSSR count). The average Bonchev–Trinajstić information content (AvgIpc) is 2.45. The van der Waals surface area contributed by atoms with E-state index in [1.807, 2.05) is 0 Å². The van der Waals surface area contributed by atoms with Crippen LogP contribution in [0.4, 0.5) is 0 Å². The number of nitrogens with one attached hydrogen (secondary N) is 1. The Bertz CT molecular complexity index is 351. The predicted octanol–water partition coefficient (Wildman–Crippen LogP) is 1.11. The smallest absolute Gasteiger partial charge is 0.217 e. The molecule has 0 spiro atoms. The number of aliphatic imine (C=N–C) groups is 1. The van der Waals surface area contributed by atoms with Gasteiger partial charge in [-0.15, -0.1) is 24.0 Å². The van der Waals surface area contributed by atoms with Crippen LogP contribution in [0.5, 0.6) is 0 Å². The van der Waals surface area contributed by atoms with Crippen LogP contribution >= 0.6 is 24.0 Å². The molecule has 7 heteroatoms. The highest BCUT2D eigenvalue weighted by atomic mass is 127. The van der Waals surface area contributed by atoms with E-state index in [0.29, 0.717) is 12.3 Å². The number of hydrogen-bond donors (Lipinski definition) is 2. The van der Waals surface area contributed by atoms with Crippen LogP contribution in [0.15, 0.2) is 4.99 Å². The first-order chi connectivity index (χ1) is 10.1. The summed E-state index contributed by atoms with van der Waals surface area (Å²) in [4.78, 5) is 20.3. The lowest BCUT2D eigenvalue weighted by Gasteiger charge is -2.34. The third-order valence-corrected chi connectivity index (χ3v) is 3.93. The number of carbonyl (C=O) groups excluding carboxylic acids is 1. The molecule has 0 aromatic carbocycles. The van der Waals surface area contributed by atoms with Crippen molar-refractivity contribution in [2.75, 3.05) is 46.3 Å². The zero-order valence-electron chi connectivity index (χ0n) is 14.2. The van der Waals surface area contributed by atoms with Crippen LogP contribution in [-0.2, 0) is 4.79 Å². The maximum Gasteiger partial charge on any atom is 0.217 e. The summed E-state index contributed by atoms with van der Waals surface area (Å²) >= 11 is 0. The van der Waals surface area contributed by atoms with Gasteiger partial charge in [0.25, 0.3) is 0 Å². The lowest BCUT2D eigenvalue weighted by atomic mass is 9.95. The fourth-order valence-corrected chi connectivity index (χ4v) is 2.62. The number of carbonyl (C=O) groups is 1. The Labute approximate surface area is 151 Å². The fraction of sp³-hybridized carbons (Fsp3) is 0.867. The monoisotopic (exact) mass is 425 g/mol. The van der Waals surface area contributed by atoms with E-state index in [9.17, 15) is 4.79 Å². The van der Waals surface area contributed by atoms with Gasteiger partial charge < -0.3 is 20.9 Å². The molecule has 1 atom stereocenters. The zero-order valence-corrected chi connectivity index (χ0v) is 16.5. The molecule has 1 aliphatic rings. The highest BCUT2D eigenvalue weighted by Crippen LogP contribution is 2.19. The van der Waals surface area contributed by atoms with E-state index in [-0.39, 0.29) is 29.9 Å². The maximum absolute atomic E-state index is 11.1. The van der Waals surface area contributed by atoms with Gasteiger partial charge in [-0.1, -0.05) is 6.92 Å².